The van der Waals surface area contributed by atoms with Gasteiger partial charge in [0.05, 0.1) is 0 Å². The highest BCUT2D eigenvalue weighted by molar-refractivity contribution is 6.30. The Morgan fingerprint density at radius 2 is 1.89 bits per heavy atom. The predicted molar refractivity (Wildman–Crippen MR) is 74.8 cm³/mol. The van der Waals surface area contributed by atoms with E-state index in [0.29, 0.717) is 16.3 Å². The summed E-state index contributed by atoms with van der Waals surface area (Å²) in [4.78, 5) is 16.7. The van der Waals surface area contributed by atoms with Crippen LogP contribution in [0, 0.1) is 6.92 Å². The van der Waals surface area contributed by atoms with Gasteiger partial charge in [-0.05, 0) is 43.3 Å². The van der Waals surface area contributed by atoms with Gasteiger partial charge in [-0.25, -0.2) is 4.98 Å². The monoisotopic (exact) mass is 270 g/mol. The van der Waals surface area contributed by atoms with Gasteiger partial charge in [-0.2, -0.15) is 0 Å². The van der Waals surface area contributed by atoms with Crippen LogP contribution in [0.15, 0.2) is 48.7 Å². The van der Waals surface area contributed by atoms with Gasteiger partial charge in [0.2, 0.25) is 5.78 Å². The number of halogens is 1. The lowest BCUT2D eigenvalue weighted by atomic mass is 10.1. The molecule has 0 saturated carbocycles. The molecule has 0 radical (unpaired) electrons. The molecule has 0 bridgehead atoms. The normalized spacial score (nSPS) is 10.8. The molecule has 0 aliphatic heterocycles. The molecule has 0 atom stereocenters. The predicted octanol–water partition coefficient (Wildman–Crippen LogP) is 3.53. The first-order valence-corrected chi connectivity index (χ1v) is 6.28. The molecule has 3 nitrogen and oxygen atoms in total. The van der Waals surface area contributed by atoms with Crippen molar-refractivity contribution in [3.8, 4) is 0 Å². The van der Waals surface area contributed by atoms with Crippen molar-refractivity contribution in [2.75, 3.05) is 0 Å². The van der Waals surface area contributed by atoms with Gasteiger partial charge < -0.3 is 4.40 Å². The Hall–Kier alpha value is -2.13. The average molecular weight is 271 g/mol. The summed E-state index contributed by atoms with van der Waals surface area (Å²) < 4.78 is 1.91. The fourth-order valence-corrected chi connectivity index (χ4v) is 2.13. The Balaban J connectivity index is 2.06. The van der Waals surface area contributed by atoms with Gasteiger partial charge in [-0.3, -0.25) is 4.79 Å². The summed E-state index contributed by atoms with van der Waals surface area (Å²) in [5.41, 5.74) is 2.85. The number of carbonyl (C=O) groups excluding carboxylic acids is 1. The summed E-state index contributed by atoms with van der Waals surface area (Å²) in [6.07, 6.45) is 1.77. The lowest BCUT2D eigenvalue weighted by Gasteiger charge is -1.97. The summed E-state index contributed by atoms with van der Waals surface area (Å²) in [6, 6.07) is 12.6. The van der Waals surface area contributed by atoms with Crippen LogP contribution in [0.1, 0.15) is 21.7 Å². The molecule has 0 aliphatic carbocycles. The Labute approximate surface area is 115 Å². The van der Waals surface area contributed by atoms with Crippen LogP contribution in [-0.2, 0) is 0 Å². The summed E-state index contributed by atoms with van der Waals surface area (Å²) in [7, 11) is 0. The van der Waals surface area contributed by atoms with Crippen LogP contribution in [-0.4, -0.2) is 15.2 Å². The van der Waals surface area contributed by atoms with Crippen molar-refractivity contribution in [1.82, 2.24) is 9.38 Å². The van der Waals surface area contributed by atoms with Crippen LogP contribution in [0.3, 0.4) is 0 Å². The van der Waals surface area contributed by atoms with E-state index in [0.717, 1.165) is 11.3 Å². The molecule has 94 valence electrons. The highest BCUT2D eigenvalue weighted by Crippen LogP contribution is 2.15. The second-order valence-electron chi connectivity index (χ2n) is 4.36. The van der Waals surface area contributed by atoms with Gasteiger partial charge in [0, 0.05) is 22.5 Å². The fraction of sp³-hybridized carbons (Fsp3) is 0.0667. The molecule has 4 heteroatoms. The van der Waals surface area contributed by atoms with E-state index >= 15 is 0 Å². The third-order valence-corrected chi connectivity index (χ3v) is 3.29. The maximum absolute atomic E-state index is 12.3. The minimum Gasteiger partial charge on any atom is -0.304 e. The Kier molecular flexibility index (Phi) is 2.84. The van der Waals surface area contributed by atoms with Crippen molar-refractivity contribution in [3.63, 3.8) is 0 Å². The van der Waals surface area contributed by atoms with Gasteiger partial charge in [-0.15, -0.1) is 0 Å². The van der Waals surface area contributed by atoms with Crippen molar-refractivity contribution < 1.29 is 4.79 Å². The molecule has 0 aliphatic rings. The lowest BCUT2D eigenvalue weighted by Crippen LogP contribution is -2.01. The van der Waals surface area contributed by atoms with E-state index in [1.54, 1.807) is 30.5 Å². The third kappa shape index (κ3) is 2.13. The molecule has 0 saturated heterocycles. The SMILES string of the molecule is Cc1cccc2nc(C(=O)c3ccc(Cl)cc3)cn12. The zero-order valence-electron chi connectivity index (χ0n) is 10.3. The molecule has 2 heterocycles. The third-order valence-electron chi connectivity index (χ3n) is 3.03. The number of carbonyl (C=O) groups is 1. The Morgan fingerprint density at radius 3 is 2.58 bits per heavy atom. The van der Waals surface area contributed by atoms with Crippen LogP contribution in [0.25, 0.3) is 5.65 Å². The van der Waals surface area contributed by atoms with Crippen molar-refractivity contribution in [3.05, 3.63) is 70.6 Å². The number of hydrogen-bond acceptors (Lipinski definition) is 2. The van der Waals surface area contributed by atoms with Crippen molar-refractivity contribution in [1.29, 1.82) is 0 Å². The summed E-state index contributed by atoms with van der Waals surface area (Å²) in [5, 5.41) is 0.613. The van der Waals surface area contributed by atoms with E-state index in [4.69, 9.17) is 11.6 Å². The number of pyridine rings is 1. The standard InChI is InChI=1S/C15H11ClN2O/c1-10-3-2-4-14-17-13(9-18(10)14)15(19)11-5-7-12(16)8-6-11/h2-9H,1H3. The largest absolute Gasteiger partial charge is 0.304 e. The number of ketones is 1. The van der Waals surface area contributed by atoms with Crippen LogP contribution < -0.4 is 0 Å². The fourth-order valence-electron chi connectivity index (χ4n) is 2.01. The molecule has 0 N–H and O–H groups in total. The number of fused-ring (bicyclic) bond motifs is 1. The number of rotatable bonds is 2. The van der Waals surface area contributed by atoms with Gasteiger partial charge in [-0.1, -0.05) is 17.7 Å². The van der Waals surface area contributed by atoms with Crippen LogP contribution in [0.2, 0.25) is 5.02 Å². The summed E-state index contributed by atoms with van der Waals surface area (Å²) in [5.74, 6) is -0.0974. The first-order valence-electron chi connectivity index (χ1n) is 5.90. The molecule has 3 rings (SSSR count). The van der Waals surface area contributed by atoms with E-state index in [9.17, 15) is 4.79 Å². The van der Waals surface area contributed by atoms with E-state index in [2.05, 4.69) is 4.98 Å². The topological polar surface area (TPSA) is 34.4 Å². The second-order valence-corrected chi connectivity index (χ2v) is 4.79. The van der Waals surface area contributed by atoms with Crippen molar-refractivity contribution in [2.45, 2.75) is 6.92 Å². The van der Waals surface area contributed by atoms with Gasteiger partial charge in [0.25, 0.3) is 0 Å². The molecule has 0 amide bonds. The number of aromatic nitrogens is 2. The van der Waals surface area contributed by atoms with Gasteiger partial charge in [0.15, 0.2) is 0 Å². The number of nitrogens with zero attached hydrogens (tertiary/aromatic N) is 2. The first kappa shape index (κ1) is 11.9. The average Bonchev–Trinajstić information content (AvgIpc) is 2.84. The lowest BCUT2D eigenvalue weighted by molar-refractivity contribution is 0.103. The Bertz CT molecular complexity index is 759. The van der Waals surface area contributed by atoms with Crippen molar-refractivity contribution >= 4 is 23.0 Å². The van der Waals surface area contributed by atoms with Crippen LogP contribution >= 0.6 is 11.6 Å². The molecular weight excluding hydrogens is 260 g/mol. The smallest absolute Gasteiger partial charge is 0.212 e. The molecule has 0 fully saturated rings. The van der Waals surface area contributed by atoms with Gasteiger partial charge >= 0.3 is 0 Å². The summed E-state index contributed by atoms with van der Waals surface area (Å²) in [6.45, 7) is 1.98. The number of imidazole rings is 1. The zero-order valence-corrected chi connectivity index (χ0v) is 11.1. The van der Waals surface area contributed by atoms with E-state index in [1.165, 1.54) is 0 Å². The van der Waals surface area contributed by atoms with Crippen LogP contribution in [0.4, 0.5) is 0 Å². The van der Waals surface area contributed by atoms with E-state index in [1.807, 2.05) is 29.5 Å². The van der Waals surface area contributed by atoms with Crippen molar-refractivity contribution in [2.24, 2.45) is 0 Å². The van der Waals surface area contributed by atoms with E-state index < -0.39 is 0 Å². The highest BCUT2D eigenvalue weighted by Gasteiger charge is 2.13. The zero-order chi connectivity index (χ0) is 13.4. The molecule has 0 unspecified atom stereocenters. The minimum atomic E-state index is -0.0974. The van der Waals surface area contributed by atoms with Gasteiger partial charge in [0.1, 0.15) is 11.3 Å². The maximum Gasteiger partial charge on any atom is 0.212 e. The molecule has 2 aromatic heterocycles. The summed E-state index contributed by atoms with van der Waals surface area (Å²) >= 11 is 5.82. The quantitative estimate of drug-likeness (QED) is 0.668. The molecule has 3 aromatic rings. The Morgan fingerprint density at radius 1 is 1.16 bits per heavy atom. The number of benzene rings is 1. The maximum atomic E-state index is 12.3. The first-order chi connectivity index (χ1) is 9.15. The second kappa shape index (κ2) is 4.52. The molecule has 0 spiro atoms. The van der Waals surface area contributed by atoms with E-state index in [-0.39, 0.29) is 5.78 Å². The minimum absolute atomic E-state index is 0.0974. The molecular formula is C15H11ClN2O. The number of aryl methyl sites for hydroxylation is 1. The van der Waals surface area contributed by atoms with Crippen LogP contribution in [0.5, 0.6) is 0 Å². The molecule has 1 aromatic carbocycles. The highest BCUT2D eigenvalue weighted by atomic mass is 35.5. The molecule has 19 heavy (non-hydrogen) atoms. The number of hydrogen-bond donors (Lipinski definition) is 0.